The Labute approximate surface area is 119 Å². The van der Waals surface area contributed by atoms with Gasteiger partial charge >= 0.3 is 0 Å². The largest absolute Gasteiger partial charge is 0.388 e. The Morgan fingerprint density at radius 3 is 3.00 bits per heavy atom. The molecule has 1 aliphatic rings. The van der Waals surface area contributed by atoms with Gasteiger partial charge in [-0.1, -0.05) is 6.42 Å². The van der Waals surface area contributed by atoms with Crippen molar-refractivity contribution in [1.29, 1.82) is 0 Å². The summed E-state index contributed by atoms with van der Waals surface area (Å²) in [5.41, 5.74) is 2.38. The van der Waals surface area contributed by atoms with Gasteiger partial charge in [-0.3, -0.25) is 0 Å². The zero-order valence-corrected chi connectivity index (χ0v) is 12.2. The molecule has 0 aliphatic heterocycles. The molecule has 0 saturated carbocycles. The summed E-state index contributed by atoms with van der Waals surface area (Å²) in [4.78, 5) is 4.34. The summed E-state index contributed by atoms with van der Waals surface area (Å²) < 4.78 is 4.07. The topological polar surface area (TPSA) is 55.9 Å². The molecule has 0 amide bonds. The summed E-state index contributed by atoms with van der Waals surface area (Å²) in [7, 11) is 0. The SMILES string of the molecule is CC(C)n1ncnc1Cn1cc2c(c1)C(O)CCCC2. The molecule has 1 N–H and O–H groups in total. The molecule has 0 bridgehead atoms. The molecule has 20 heavy (non-hydrogen) atoms. The van der Waals surface area contributed by atoms with Crippen LogP contribution in [0.15, 0.2) is 18.7 Å². The molecule has 0 radical (unpaired) electrons. The number of fused-ring (bicyclic) bond motifs is 1. The maximum Gasteiger partial charge on any atom is 0.147 e. The molecule has 1 unspecified atom stereocenters. The molecular formula is C15H22N4O. The Morgan fingerprint density at radius 2 is 2.20 bits per heavy atom. The highest BCUT2D eigenvalue weighted by Crippen LogP contribution is 2.29. The highest BCUT2D eigenvalue weighted by atomic mass is 16.3. The first-order valence-electron chi connectivity index (χ1n) is 7.40. The van der Waals surface area contributed by atoms with Crippen molar-refractivity contribution in [3.8, 4) is 0 Å². The van der Waals surface area contributed by atoms with Crippen molar-refractivity contribution in [2.45, 2.75) is 58.2 Å². The zero-order chi connectivity index (χ0) is 14.1. The molecule has 0 spiro atoms. The third kappa shape index (κ3) is 2.50. The van der Waals surface area contributed by atoms with Crippen LogP contribution in [0.5, 0.6) is 0 Å². The summed E-state index contributed by atoms with van der Waals surface area (Å²) >= 11 is 0. The van der Waals surface area contributed by atoms with Crippen molar-refractivity contribution in [2.24, 2.45) is 0 Å². The Balaban J connectivity index is 1.85. The molecule has 108 valence electrons. The van der Waals surface area contributed by atoms with Gasteiger partial charge in [0, 0.05) is 24.0 Å². The van der Waals surface area contributed by atoms with Gasteiger partial charge in [0.25, 0.3) is 0 Å². The van der Waals surface area contributed by atoms with Crippen LogP contribution in [0.1, 0.15) is 62.2 Å². The molecule has 5 nitrogen and oxygen atoms in total. The lowest BCUT2D eigenvalue weighted by Gasteiger charge is -2.10. The molecule has 0 saturated heterocycles. The minimum Gasteiger partial charge on any atom is -0.388 e. The van der Waals surface area contributed by atoms with Gasteiger partial charge in [0.15, 0.2) is 0 Å². The predicted molar refractivity (Wildman–Crippen MR) is 76.5 cm³/mol. The lowest BCUT2D eigenvalue weighted by Crippen LogP contribution is -2.11. The fourth-order valence-electron chi connectivity index (χ4n) is 2.96. The van der Waals surface area contributed by atoms with Gasteiger partial charge in [-0.15, -0.1) is 0 Å². The Hall–Kier alpha value is -1.62. The average molecular weight is 274 g/mol. The molecule has 3 rings (SSSR count). The number of rotatable bonds is 3. The van der Waals surface area contributed by atoms with Crippen LogP contribution < -0.4 is 0 Å². The number of aliphatic hydroxyl groups is 1. The fraction of sp³-hybridized carbons (Fsp3) is 0.600. The second kappa shape index (κ2) is 5.40. The summed E-state index contributed by atoms with van der Waals surface area (Å²) in [6.07, 6.45) is 9.74. The van der Waals surface area contributed by atoms with E-state index < -0.39 is 0 Å². The summed E-state index contributed by atoms with van der Waals surface area (Å²) in [6.45, 7) is 4.91. The van der Waals surface area contributed by atoms with Crippen molar-refractivity contribution >= 4 is 0 Å². The average Bonchev–Trinajstić information content (AvgIpc) is 2.98. The normalized spacial score (nSPS) is 19.1. The van der Waals surface area contributed by atoms with E-state index in [9.17, 15) is 5.11 Å². The number of hydrogen-bond acceptors (Lipinski definition) is 3. The van der Waals surface area contributed by atoms with Crippen molar-refractivity contribution in [3.63, 3.8) is 0 Å². The molecule has 1 atom stereocenters. The van der Waals surface area contributed by atoms with Crippen LogP contribution >= 0.6 is 0 Å². The van der Waals surface area contributed by atoms with Gasteiger partial charge in [0.05, 0.1) is 12.6 Å². The van der Waals surface area contributed by atoms with E-state index in [4.69, 9.17) is 0 Å². The zero-order valence-electron chi connectivity index (χ0n) is 12.2. The van der Waals surface area contributed by atoms with Crippen LogP contribution in [-0.4, -0.2) is 24.4 Å². The number of aryl methyl sites for hydroxylation is 1. The first kappa shape index (κ1) is 13.4. The Bertz CT molecular complexity index is 584. The van der Waals surface area contributed by atoms with Crippen molar-refractivity contribution in [3.05, 3.63) is 35.7 Å². The van der Waals surface area contributed by atoms with Gasteiger partial charge in [0.1, 0.15) is 12.2 Å². The third-order valence-corrected chi connectivity index (χ3v) is 3.99. The molecule has 2 aromatic heterocycles. The van der Waals surface area contributed by atoms with Crippen molar-refractivity contribution < 1.29 is 5.11 Å². The lowest BCUT2D eigenvalue weighted by atomic mass is 10.1. The standard InChI is InChI=1S/C15H22N4O/c1-11(2)19-15(16-10-17-19)9-18-7-12-5-3-4-6-14(20)13(12)8-18/h7-8,10-11,14,20H,3-6,9H2,1-2H3. The van der Waals surface area contributed by atoms with Gasteiger partial charge in [-0.25, -0.2) is 9.67 Å². The molecule has 0 aromatic carbocycles. The van der Waals surface area contributed by atoms with Gasteiger partial charge < -0.3 is 9.67 Å². The summed E-state index contributed by atoms with van der Waals surface area (Å²) in [5, 5.41) is 14.4. The monoisotopic (exact) mass is 274 g/mol. The number of aromatic nitrogens is 4. The van der Waals surface area contributed by atoms with Crippen LogP contribution in [-0.2, 0) is 13.0 Å². The molecule has 2 aromatic rings. The van der Waals surface area contributed by atoms with Crippen molar-refractivity contribution in [1.82, 2.24) is 19.3 Å². The van der Waals surface area contributed by atoms with Crippen LogP contribution in [0.3, 0.4) is 0 Å². The maximum absolute atomic E-state index is 10.2. The molecular weight excluding hydrogens is 252 g/mol. The van der Waals surface area contributed by atoms with E-state index in [0.29, 0.717) is 12.6 Å². The van der Waals surface area contributed by atoms with Gasteiger partial charge in [-0.05, 0) is 38.7 Å². The predicted octanol–water partition coefficient (Wildman–Crippen LogP) is 2.47. The van der Waals surface area contributed by atoms with E-state index in [1.807, 2.05) is 4.68 Å². The third-order valence-electron chi connectivity index (χ3n) is 3.99. The van der Waals surface area contributed by atoms with Crippen LogP contribution in [0.2, 0.25) is 0 Å². The summed E-state index contributed by atoms with van der Waals surface area (Å²) in [5.74, 6) is 0.958. The van der Waals surface area contributed by atoms with Crippen LogP contribution in [0.25, 0.3) is 0 Å². The van der Waals surface area contributed by atoms with E-state index in [0.717, 1.165) is 37.1 Å². The number of aliphatic hydroxyl groups excluding tert-OH is 1. The van der Waals surface area contributed by atoms with Gasteiger partial charge in [0.2, 0.25) is 0 Å². The van der Waals surface area contributed by atoms with Crippen molar-refractivity contribution in [2.75, 3.05) is 0 Å². The second-order valence-corrected chi connectivity index (χ2v) is 5.89. The van der Waals surface area contributed by atoms with E-state index in [1.54, 1.807) is 6.33 Å². The maximum atomic E-state index is 10.2. The first-order valence-corrected chi connectivity index (χ1v) is 7.40. The highest BCUT2D eigenvalue weighted by Gasteiger charge is 2.19. The minimum atomic E-state index is -0.309. The highest BCUT2D eigenvalue weighted by molar-refractivity contribution is 5.28. The van der Waals surface area contributed by atoms with E-state index in [1.165, 1.54) is 5.56 Å². The molecule has 5 heteroatoms. The Kier molecular flexibility index (Phi) is 3.61. The molecule has 1 aliphatic carbocycles. The summed E-state index contributed by atoms with van der Waals surface area (Å²) in [6, 6.07) is 0.312. The van der Waals surface area contributed by atoms with Gasteiger partial charge in [-0.2, -0.15) is 5.10 Å². The second-order valence-electron chi connectivity index (χ2n) is 5.89. The number of hydrogen-bond donors (Lipinski definition) is 1. The minimum absolute atomic E-state index is 0.309. The van der Waals surface area contributed by atoms with E-state index >= 15 is 0 Å². The number of nitrogens with zero attached hydrogens (tertiary/aromatic N) is 4. The lowest BCUT2D eigenvalue weighted by molar-refractivity contribution is 0.166. The quantitative estimate of drug-likeness (QED) is 0.875. The fourth-order valence-corrected chi connectivity index (χ4v) is 2.96. The van der Waals surface area contributed by atoms with Crippen LogP contribution in [0, 0.1) is 0 Å². The van der Waals surface area contributed by atoms with Crippen LogP contribution in [0.4, 0.5) is 0 Å². The van der Waals surface area contributed by atoms with E-state index in [2.05, 4.69) is 40.9 Å². The first-order chi connectivity index (χ1) is 9.65. The smallest absolute Gasteiger partial charge is 0.147 e. The van der Waals surface area contributed by atoms with E-state index in [-0.39, 0.29) is 6.10 Å². The Morgan fingerprint density at radius 1 is 1.35 bits per heavy atom. The molecule has 0 fully saturated rings. The molecule has 2 heterocycles.